The number of nitrogens with one attached hydrogen (secondary N) is 1. The summed E-state index contributed by atoms with van der Waals surface area (Å²) in [5.74, 6) is 0.305. The highest BCUT2D eigenvalue weighted by Crippen LogP contribution is 2.12. The van der Waals surface area contributed by atoms with E-state index in [1.54, 1.807) is 11.4 Å². The van der Waals surface area contributed by atoms with Crippen LogP contribution in [-0.4, -0.2) is 70.0 Å². The van der Waals surface area contributed by atoms with Gasteiger partial charge in [-0.15, -0.1) is 0 Å². The van der Waals surface area contributed by atoms with E-state index < -0.39 is 10.2 Å². The van der Waals surface area contributed by atoms with E-state index in [2.05, 4.69) is 5.32 Å². The van der Waals surface area contributed by atoms with E-state index in [0.717, 1.165) is 13.1 Å². The van der Waals surface area contributed by atoms with Crippen LogP contribution in [0.5, 0.6) is 0 Å². The Bertz CT molecular complexity index is 326. The molecule has 0 aromatic rings. The molecule has 6 nitrogen and oxygen atoms in total. The number of nitrogens with zero attached hydrogens (tertiary/aromatic N) is 2. The lowest BCUT2D eigenvalue weighted by molar-refractivity contribution is 0.171. The van der Waals surface area contributed by atoms with Gasteiger partial charge in [0.1, 0.15) is 0 Å². The van der Waals surface area contributed by atoms with Crippen molar-refractivity contribution in [2.24, 2.45) is 5.92 Å². The van der Waals surface area contributed by atoms with Crippen LogP contribution in [0.1, 0.15) is 13.8 Å². The molecule has 0 atom stereocenters. The first-order chi connectivity index (χ1) is 8.48. The van der Waals surface area contributed by atoms with E-state index in [0.29, 0.717) is 38.7 Å². The largest absolute Gasteiger partial charge is 0.383 e. The molecule has 0 radical (unpaired) electrons. The average Bonchev–Trinajstić information content (AvgIpc) is 2.35. The van der Waals surface area contributed by atoms with E-state index >= 15 is 0 Å². The summed E-state index contributed by atoms with van der Waals surface area (Å²) in [5.41, 5.74) is 0. The Labute approximate surface area is 110 Å². The van der Waals surface area contributed by atoms with Crippen molar-refractivity contribution in [3.8, 4) is 0 Å². The first-order valence-corrected chi connectivity index (χ1v) is 7.83. The van der Waals surface area contributed by atoms with E-state index in [4.69, 9.17) is 4.74 Å². The summed E-state index contributed by atoms with van der Waals surface area (Å²) in [6.07, 6.45) is 0. The number of rotatable bonds is 7. The fourth-order valence-corrected chi connectivity index (χ4v) is 3.70. The van der Waals surface area contributed by atoms with Crippen LogP contribution in [0.25, 0.3) is 0 Å². The number of hydrogen-bond donors (Lipinski definition) is 1. The molecule has 1 heterocycles. The van der Waals surface area contributed by atoms with E-state index in [9.17, 15) is 8.42 Å². The standard InChI is InChI=1S/C11H25N3O3S/c1-11(2)10-14(8-9-17-3)18(15,16)13-6-4-12-5-7-13/h11-12H,4-10H2,1-3H3. The normalized spacial score (nSPS) is 18.7. The molecule has 108 valence electrons. The van der Waals surface area contributed by atoms with Crippen molar-refractivity contribution in [1.29, 1.82) is 0 Å². The van der Waals surface area contributed by atoms with Crippen LogP contribution in [0, 0.1) is 5.92 Å². The molecule has 1 saturated heterocycles. The lowest BCUT2D eigenvalue weighted by atomic mass is 10.2. The maximum absolute atomic E-state index is 12.5. The topological polar surface area (TPSA) is 61.9 Å². The molecule has 0 saturated carbocycles. The molecule has 0 unspecified atom stereocenters. The molecule has 0 bridgehead atoms. The van der Waals surface area contributed by atoms with Gasteiger partial charge >= 0.3 is 0 Å². The summed E-state index contributed by atoms with van der Waals surface area (Å²) in [4.78, 5) is 0. The van der Waals surface area contributed by atoms with Crippen LogP contribution in [0.3, 0.4) is 0 Å². The fraction of sp³-hybridized carbons (Fsp3) is 1.00. The molecule has 1 N–H and O–H groups in total. The molecular formula is C11H25N3O3S. The van der Waals surface area contributed by atoms with Crippen LogP contribution in [0.4, 0.5) is 0 Å². The number of ether oxygens (including phenoxy) is 1. The third-order valence-electron chi connectivity index (χ3n) is 2.84. The average molecular weight is 279 g/mol. The van der Waals surface area contributed by atoms with Gasteiger partial charge in [-0.3, -0.25) is 0 Å². The minimum absolute atomic E-state index is 0.305. The first-order valence-electron chi connectivity index (χ1n) is 6.43. The predicted molar refractivity (Wildman–Crippen MR) is 71.6 cm³/mol. The van der Waals surface area contributed by atoms with Gasteiger partial charge in [0.25, 0.3) is 10.2 Å². The molecule has 0 aliphatic carbocycles. The van der Waals surface area contributed by atoms with Gasteiger partial charge in [0.05, 0.1) is 6.61 Å². The van der Waals surface area contributed by atoms with Gasteiger partial charge in [0, 0.05) is 46.4 Å². The van der Waals surface area contributed by atoms with Gasteiger partial charge in [-0.25, -0.2) is 0 Å². The highest BCUT2D eigenvalue weighted by atomic mass is 32.2. The lowest BCUT2D eigenvalue weighted by Crippen LogP contribution is -2.52. The van der Waals surface area contributed by atoms with Gasteiger partial charge in [0.15, 0.2) is 0 Å². The van der Waals surface area contributed by atoms with Crippen LogP contribution in [0.2, 0.25) is 0 Å². The zero-order valence-corrected chi connectivity index (χ0v) is 12.4. The summed E-state index contributed by atoms with van der Waals surface area (Å²) in [6, 6.07) is 0. The van der Waals surface area contributed by atoms with Crippen molar-refractivity contribution in [2.75, 3.05) is 53.0 Å². The van der Waals surface area contributed by atoms with Crippen molar-refractivity contribution in [3.63, 3.8) is 0 Å². The molecule has 0 amide bonds. The lowest BCUT2D eigenvalue weighted by Gasteiger charge is -2.33. The monoisotopic (exact) mass is 279 g/mol. The molecule has 1 aliphatic rings. The summed E-state index contributed by atoms with van der Waals surface area (Å²) in [7, 11) is -1.76. The van der Waals surface area contributed by atoms with Crippen LogP contribution < -0.4 is 5.32 Å². The third kappa shape index (κ3) is 4.47. The molecule has 0 aromatic heterocycles. The second kappa shape index (κ2) is 7.40. The highest BCUT2D eigenvalue weighted by molar-refractivity contribution is 7.86. The smallest absolute Gasteiger partial charge is 0.282 e. The van der Waals surface area contributed by atoms with Gasteiger partial charge in [-0.1, -0.05) is 13.8 Å². The van der Waals surface area contributed by atoms with E-state index in [-0.39, 0.29) is 0 Å². The molecule has 1 fully saturated rings. The summed E-state index contributed by atoms with van der Waals surface area (Å²) >= 11 is 0. The SMILES string of the molecule is COCCN(CC(C)C)S(=O)(=O)N1CCNCC1. The van der Waals surface area contributed by atoms with Crippen molar-refractivity contribution >= 4 is 10.2 Å². The molecular weight excluding hydrogens is 254 g/mol. The molecule has 1 rings (SSSR count). The van der Waals surface area contributed by atoms with Crippen molar-refractivity contribution < 1.29 is 13.2 Å². The maximum Gasteiger partial charge on any atom is 0.282 e. The van der Waals surface area contributed by atoms with Crippen LogP contribution >= 0.6 is 0 Å². The Morgan fingerprint density at radius 2 is 1.94 bits per heavy atom. The van der Waals surface area contributed by atoms with Crippen molar-refractivity contribution in [1.82, 2.24) is 13.9 Å². The molecule has 7 heteroatoms. The van der Waals surface area contributed by atoms with Gasteiger partial charge in [-0.05, 0) is 5.92 Å². The number of methoxy groups -OCH3 is 1. The Balaban J connectivity index is 2.73. The third-order valence-corrected chi connectivity index (χ3v) is 4.84. The summed E-state index contributed by atoms with van der Waals surface area (Å²) in [5, 5.41) is 3.16. The first kappa shape index (κ1) is 15.8. The zero-order valence-electron chi connectivity index (χ0n) is 11.6. The number of hydrogen-bond acceptors (Lipinski definition) is 4. The predicted octanol–water partition coefficient (Wildman–Crippen LogP) is -0.259. The van der Waals surface area contributed by atoms with E-state index in [1.807, 2.05) is 13.8 Å². The maximum atomic E-state index is 12.5. The van der Waals surface area contributed by atoms with Crippen molar-refractivity contribution in [3.05, 3.63) is 0 Å². The quantitative estimate of drug-likeness (QED) is 0.697. The van der Waals surface area contributed by atoms with Gasteiger partial charge < -0.3 is 10.1 Å². The summed E-state index contributed by atoms with van der Waals surface area (Å²) in [6.45, 7) is 7.96. The Morgan fingerprint density at radius 3 is 2.44 bits per heavy atom. The molecule has 18 heavy (non-hydrogen) atoms. The van der Waals surface area contributed by atoms with Crippen LogP contribution in [0.15, 0.2) is 0 Å². The molecule has 1 aliphatic heterocycles. The molecule has 0 aromatic carbocycles. The Hall–Kier alpha value is -0.210. The fourth-order valence-electron chi connectivity index (χ4n) is 1.94. The highest BCUT2D eigenvalue weighted by Gasteiger charge is 2.30. The van der Waals surface area contributed by atoms with Gasteiger partial charge in [0.2, 0.25) is 0 Å². The minimum Gasteiger partial charge on any atom is -0.383 e. The zero-order chi connectivity index (χ0) is 13.6. The number of piperazine rings is 1. The second-order valence-electron chi connectivity index (χ2n) is 4.90. The summed E-state index contributed by atoms with van der Waals surface area (Å²) < 4.78 is 33.1. The minimum atomic E-state index is -3.34. The molecule has 0 spiro atoms. The van der Waals surface area contributed by atoms with E-state index in [1.165, 1.54) is 4.31 Å². The second-order valence-corrected chi connectivity index (χ2v) is 6.83. The van der Waals surface area contributed by atoms with Crippen molar-refractivity contribution in [2.45, 2.75) is 13.8 Å². The van der Waals surface area contributed by atoms with Crippen LogP contribution in [-0.2, 0) is 14.9 Å². The Kier molecular flexibility index (Phi) is 6.51. The Morgan fingerprint density at radius 1 is 1.33 bits per heavy atom. The van der Waals surface area contributed by atoms with Gasteiger partial charge in [-0.2, -0.15) is 17.0 Å².